The van der Waals surface area contributed by atoms with Crippen LogP contribution in [-0.2, 0) is 0 Å². The highest BCUT2D eigenvalue weighted by Gasteiger charge is 2.40. The Labute approximate surface area is 120 Å². The van der Waals surface area contributed by atoms with Crippen LogP contribution in [0.4, 0.5) is 0 Å². The number of benzene rings is 1. The lowest BCUT2D eigenvalue weighted by Gasteiger charge is -2.34. The molecule has 1 heterocycles. The van der Waals surface area contributed by atoms with Gasteiger partial charge in [-0.15, -0.1) is 11.3 Å². The summed E-state index contributed by atoms with van der Waals surface area (Å²) in [5.74, 6) is 0.746. The standard InChI is InChI=1S/C17H23NS/c1-17(2)10-6-8-14(17)16(18-3)13-11-19-15-9-5-4-7-12(13)15/h4-5,7,9,11,14,16,18H,6,8,10H2,1-3H3. The molecule has 1 nitrogen and oxygen atoms in total. The van der Waals surface area contributed by atoms with E-state index in [9.17, 15) is 0 Å². The highest BCUT2D eigenvalue weighted by atomic mass is 32.1. The molecule has 2 aromatic rings. The van der Waals surface area contributed by atoms with Crippen LogP contribution >= 0.6 is 11.3 Å². The molecule has 2 unspecified atom stereocenters. The number of thiophene rings is 1. The molecular weight excluding hydrogens is 250 g/mol. The molecule has 3 rings (SSSR count). The van der Waals surface area contributed by atoms with Crippen molar-refractivity contribution in [1.29, 1.82) is 0 Å². The van der Waals surface area contributed by atoms with Crippen LogP contribution in [0.15, 0.2) is 29.6 Å². The molecule has 1 aliphatic carbocycles. The van der Waals surface area contributed by atoms with Gasteiger partial charge in [0, 0.05) is 10.7 Å². The Hall–Kier alpha value is -0.860. The molecule has 102 valence electrons. The maximum Gasteiger partial charge on any atom is 0.0365 e. The van der Waals surface area contributed by atoms with Gasteiger partial charge in [-0.2, -0.15) is 0 Å². The Morgan fingerprint density at radius 2 is 2.11 bits per heavy atom. The summed E-state index contributed by atoms with van der Waals surface area (Å²) in [6.07, 6.45) is 4.08. The van der Waals surface area contributed by atoms with Gasteiger partial charge in [-0.05, 0) is 53.6 Å². The van der Waals surface area contributed by atoms with E-state index in [2.05, 4.69) is 55.9 Å². The van der Waals surface area contributed by atoms with Gasteiger partial charge in [0.15, 0.2) is 0 Å². The van der Waals surface area contributed by atoms with Gasteiger partial charge in [0.1, 0.15) is 0 Å². The smallest absolute Gasteiger partial charge is 0.0365 e. The fourth-order valence-corrected chi connectivity index (χ4v) is 4.78. The van der Waals surface area contributed by atoms with Gasteiger partial charge < -0.3 is 5.32 Å². The number of hydrogen-bond donors (Lipinski definition) is 1. The van der Waals surface area contributed by atoms with E-state index >= 15 is 0 Å². The zero-order chi connectivity index (χ0) is 13.5. The van der Waals surface area contributed by atoms with Gasteiger partial charge in [0.2, 0.25) is 0 Å². The number of fused-ring (bicyclic) bond motifs is 1. The van der Waals surface area contributed by atoms with Crippen LogP contribution in [0.25, 0.3) is 10.1 Å². The summed E-state index contributed by atoms with van der Waals surface area (Å²) in [7, 11) is 2.12. The third kappa shape index (κ3) is 2.21. The van der Waals surface area contributed by atoms with Crippen molar-refractivity contribution in [2.75, 3.05) is 7.05 Å². The van der Waals surface area contributed by atoms with Gasteiger partial charge in [0.05, 0.1) is 0 Å². The summed E-state index contributed by atoms with van der Waals surface area (Å²) >= 11 is 1.88. The second-order valence-corrected chi connectivity index (χ2v) is 7.35. The largest absolute Gasteiger partial charge is 0.313 e. The topological polar surface area (TPSA) is 12.0 Å². The van der Waals surface area contributed by atoms with Crippen molar-refractivity contribution in [1.82, 2.24) is 5.32 Å². The molecular formula is C17H23NS. The number of rotatable bonds is 3. The Bertz CT molecular complexity index is 569. The van der Waals surface area contributed by atoms with Crippen LogP contribution in [0.2, 0.25) is 0 Å². The van der Waals surface area contributed by atoms with Crippen molar-refractivity contribution in [2.24, 2.45) is 11.3 Å². The number of nitrogens with one attached hydrogen (secondary N) is 1. The molecule has 1 aromatic carbocycles. The molecule has 1 saturated carbocycles. The quantitative estimate of drug-likeness (QED) is 0.831. The molecule has 0 spiro atoms. The fraction of sp³-hybridized carbons (Fsp3) is 0.529. The SMILES string of the molecule is CNC(c1csc2ccccc12)C1CCCC1(C)C. The number of hydrogen-bond acceptors (Lipinski definition) is 2. The average molecular weight is 273 g/mol. The first kappa shape index (κ1) is 13.1. The maximum atomic E-state index is 3.60. The van der Waals surface area contributed by atoms with Crippen LogP contribution < -0.4 is 5.32 Å². The molecule has 1 aromatic heterocycles. The minimum absolute atomic E-state index is 0.455. The molecule has 2 atom stereocenters. The summed E-state index contributed by atoms with van der Waals surface area (Å²) in [5, 5.41) is 7.40. The predicted molar refractivity (Wildman–Crippen MR) is 84.7 cm³/mol. The molecule has 0 saturated heterocycles. The van der Waals surface area contributed by atoms with Crippen LogP contribution in [-0.4, -0.2) is 7.05 Å². The summed E-state index contributed by atoms with van der Waals surface area (Å²) < 4.78 is 1.41. The lowest BCUT2D eigenvalue weighted by molar-refractivity contribution is 0.204. The Morgan fingerprint density at radius 3 is 2.79 bits per heavy atom. The molecule has 1 aliphatic rings. The average Bonchev–Trinajstić information content (AvgIpc) is 2.96. The van der Waals surface area contributed by atoms with Gasteiger partial charge in [0.25, 0.3) is 0 Å². The molecule has 0 amide bonds. The summed E-state index contributed by atoms with van der Waals surface area (Å²) in [6, 6.07) is 9.29. The van der Waals surface area contributed by atoms with Crippen LogP contribution in [0, 0.1) is 11.3 Å². The Balaban J connectivity index is 2.03. The third-order valence-corrected chi connectivity index (χ3v) is 5.88. The minimum atomic E-state index is 0.455. The minimum Gasteiger partial charge on any atom is -0.313 e. The Kier molecular flexibility index (Phi) is 3.40. The van der Waals surface area contributed by atoms with E-state index in [0.29, 0.717) is 11.5 Å². The van der Waals surface area contributed by atoms with Crippen molar-refractivity contribution in [3.63, 3.8) is 0 Å². The van der Waals surface area contributed by atoms with Gasteiger partial charge >= 0.3 is 0 Å². The normalized spacial score (nSPS) is 23.8. The van der Waals surface area contributed by atoms with Gasteiger partial charge in [-0.25, -0.2) is 0 Å². The highest BCUT2D eigenvalue weighted by Crippen LogP contribution is 2.50. The lowest BCUT2D eigenvalue weighted by atomic mass is 9.75. The summed E-state index contributed by atoms with van der Waals surface area (Å²) in [6.45, 7) is 4.87. The van der Waals surface area contributed by atoms with E-state index in [4.69, 9.17) is 0 Å². The molecule has 19 heavy (non-hydrogen) atoms. The highest BCUT2D eigenvalue weighted by molar-refractivity contribution is 7.17. The van der Waals surface area contributed by atoms with Gasteiger partial charge in [-0.3, -0.25) is 0 Å². The third-order valence-electron chi connectivity index (χ3n) is 4.90. The molecule has 1 N–H and O–H groups in total. The molecule has 0 aliphatic heterocycles. The van der Waals surface area contributed by atoms with E-state index in [1.54, 1.807) is 0 Å². The van der Waals surface area contributed by atoms with Gasteiger partial charge in [-0.1, -0.05) is 38.5 Å². The van der Waals surface area contributed by atoms with Crippen LogP contribution in [0.1, 0.15) is 44.7 Å². The molecule has 0 radical (unpaired) electrons. The fourth-order valence-electron chi connectivity index (χ4n) is 3.78. The summed E-state index contributed by atoms with van der Waals surface area (Å²) in [5.41, 5.74) is 1.96. The Morgan fingerprint density at radius 1 is 1.32 bits per heavy atom. The maximum absolute atomic E-state index is 3.60. The van der Waals surface area contributed by atoms with E-state index in [1.807, 2.05) is 11.3 Å². The second kappa shape index (κ2) is 4.92. The summed E-state index contributed by atoms with van der Waals surface area (Å²) in [4.78, 5) is 0. The van der Waals surface area contributed by atoms with E-state index in [-0.39, 0.29) is 0 Å². The van der Waals surface area contributed by atoms with Crippen molar-refractivity contribution in [3.8, 4) is 0 Å². The van der Waals surface area contributed by atoms with Crippen LogP contribution in [0.5, 0.6) is 0 Å². The van der Waals surface area contributed by atoms with Crippen LogP contribution in [0.3, 0.4) is 0 Å². The predicted octanol–water partition coefficient (Wildman–Crippen LogP) is 4.99. The molecule has 2 heteroatoms. The molecule has 0 bridgehead atoms. The molecule has 1 fully saturated rings. The zero-order valence-electron chi connectivity index (χ0n) is 12.1. The van der Waals surface area contributed by atoms with Crippen molar-refractivity contribution >= 4 is 21.4 Å². The first-order valence-electron chi connectivity index (χ1n) is 7.27. The van der Waals surface area contributed by atoms with Crippen molar-refractivity contribution < 1.29 is 0 Å². The van der Waals surface area contributed by atoms with Crippen molar-refractivity contribution in [2.45, 2.75) is 39.2 Å². The monoisotopic (exact) mass is 273 g/mol. The van der Waals surface area contributed by atoms with E-state index in [0.717, 1.165) is 5.92 Å². The van der Waals surface area contributed by atoms with E-state index < -0.39 is 0 Å². The zero-order valence-corrected chi connectivity index (χ0v) is 12.9. The lowest BCUT2D eigenvalue weighted by Crippen LogP contribution is -2.31. The van der Waals surface area contributed by atoms with E-state index in [1.165, 1.54) is 34.9 Å². The first-order valence-corrected chi connectivity index (χ1v) is 8.15. The second-order valence-electron chi connectivity index (χ2n) is 6.44. The first-order chi connectivity index (χ1) is 9.13. The van der Waals surface area contributed by atoms with Crippen molar-refractivity contribution in [3.05, 3.63) is 35.2 Å².